The minimum Gasteiger partial charge on any atom is -0.383 e. The van der Waals surface area contributed by atoms with Gasteiger partial charge in [-0.25, -0.2) is 14.6 Å². The van der Waals surface area contributed by atoms with E-state index in [9.17, 15) is 9.59 Å². The van der Waals surface area contributed by atoms with E-state index in [4.69, 9.17) is 10.5 Å². The van der Waals surface area contributed by atoms with Crippen molar-refractivity contribution in [2.45, 2.75) is 32.4 Å². The minimum absolute atomic E-state index is 0.00224. The number of amides is 1. The van der Waals surface area contributed by atoms with E-state index in [1.165, 1.54) is 6.33 Å². The van der Waals surface area contributed by atoms with Gasteiger partial charge >= 0.3 is 0 Å². The SMILES string of the molecule is Cc1c(C(=O)Nc2ccc(-c3cn(C)c4ncnc(N)c34)cc2)c(=O)n(-c2ccccc2)n1CC1CCCO1. The molecule has 1 amide bonds. The molecule has 1 saturated heterocycles. The maximum Gasteiger partial charge on any atom is 0.284 e. The molecule has 2 aromatic carbocycles. The average Bonchev–Trinajstić information content (AvgIpc) is 3.63. The average molecular weight is 524 g/mol. The van der Waals surface area contributed by atoms with Crippen LogP contribution < -0.4 is 16.6 Å². The van der Waals surface area contributed by atoms with Gasteiger partial charge in [0.05, 0.1) is 29.4 Å². The summed E-state index contributed by atoms with van der Waals surface area (Å²) < 4.78 is 11.2. The Balaban J connectivity index is 1.32. The third-order valence-electron chi connectivity index (χ3n) is 7.26. The Hall–Kier alpha value is -4.70. The van der Waals surface area contributed by atoms with Crippen molar-refractivity contribution in [1.82, 2.24) is 23.9 Å². The molecule has 0 spiro atoms. The Labute approximate surface area is 224 Å². The van der Waals surface area contributed by atoms with E-state index in [2.05, 4.69) is 15.3 Å². The summed E-state index contributed by atoms with van der Waals surface area (Å²) in [6.07, 6.45) is 5.31. The van der Waals surface area contributed by atoms with E-state index in [1.54, 1.807) is 23.7 Å². The number of carbonyl (C=O) groups is 1. The topological polar surface area (TPSA) is 122 Å². The molecule has 0 radical (unpaired) electrons. The van der Waals surface area contributed by atoms with Crippen LogP contribution in [0, 0.1) is 6.92 Å². The highest BCUT2D eigenvalue weighted by Crippen LogP contribution is 2.32. The fourth-order valence-electron chi connectivity index (χ4n) is 5.32. The third-order valence-corrected chi connectivity index (χ3v) is 7.26. The highest BCUT2D eigenvalue weighted by molar-refractivity contribution is 6.05. The smallest absolute Gasteiger partial charge is 0.284 e. The predicted octanol–water partition coefficient (Wildman–Crippen LogP) is 3.91. The van der Waals surface area contributed by atoms with E-state index in [-0.39, 0.29) is 17.2 Å². The molecule has 3 aromatic heterocycles. The summed E-state index contributed by atoms with van der Waals surface area (Å²) in [5.74, 6) is -0.0468. The number of anilines is 2. The number of nitrogen functional groups attached to an aromatic ring is 1. The van der Waals surface area contributed by atoms with Crippen molar-refractivity contribution >= 4 is 28.4 Å². The quantitative estimate of drug-likeness (QED) is 0.348. The lowest BCUT2D eigenvalue weighted by Gasteiger charge is -2.17. The van der Waals surface area contributed by atoms with Gasteiger partial charge in [0.2, 0.25) is 0 Å². The van der Waals surface area contributed by atoms with Crippen molar-refractivity contribution in [3.8, 4) is 16.8 Å². The van der Waals surface area contributed by atoms with Crippen molar-refractivity contribution in [3.05, 3.63) is 88.7 Å². The van der Waals surface area contributed by atoms with Crippen LogP contribution in [0.2, 0.25) is 0 Å². The van der Waals surface area contributed by atoms with Crippen LogP contribution in [0.3, 0.4) is 0 Å². The van der Waals surface area contributed by atoms with Gasteiger partial charge in [0, 0.05) is 31.1 Å². The first-order chi connectivity index (χ1) is 18.9. The first-order valence-electron chi connectivity index (χ1n) is 12.9. The second-order valence-electron chi connectivity index (χ2n) is 9.77. The Kier molecular flexibility index (Phi) is 6.24. The first kappa shape index (κ1) is 24.6. The molecule has 39 heavy (non-hydrogen) atoms. The summed E-state index contributed by atoms with van der Waals surface area (Å²) >= 11 is 0. The number of hydrogen-bond donors (Lipinski definition) is 2. The largest absolute Gasteiger partial charge is 0.383 e. The Morgan fingerprint density at radius 1 is 1.13 bits per heavy atom. The Bertz CT molecular complexity index is 1730. The van der Waals surface area contributed by atoms with Crippen molar-refractivity contribution in [2.75, 3.05) is 17.7 Å². The zero-order valence-electron chi connectivity index (χ0n) is 21.8. The molecular weight excluding hydrogens is 494 g/mol. The number of aryl methyl sites for hydroxylation is 1. The van der Waals surface area contributed by atoms with Crippen LogP contribution in [0.5, 0.6) is 0 Å². The van der Waals surface area contributed by atoms with Crippen molar-refractivity contribution in [2.24, 2.45) is 7.05 Å². The molecule has 1 aliphatic heterocycles. The van der Waals surface area contributed by atoms with Gasteiger partial charge in [-0.1, -0.05) is 30.3 Å². The van der Waals surface area contributed by atoms with Crippen LogP contribution in [0.1, 0.15) is 28.9 Å². The van der Waals surface area contributed by atoms with E-state index < -0.39 is 5.91 Å². The van der Waals surface area contributed by atoms with Gasteiger partial charge in [0.15, 0.2) is 0 Å². The molecule has 0 aliphatic carbocycles. The minimum atomic E-state index is -0.455. The molecule has 10 heteroatoms. The van der Waals surface area contributed by atoms with Gasteiger partial charge in [-0.2, -0.15) is 0 Å². The van der Waals surface area contributed by atoms with Crippen LogP contribution in [0.15, 0.2) is 71.9 Å². The summed E-state index contributed by atoms with van der Waals surface area (Å²) in [5.41, 5.74) is 10.3. The van der Waals surface area contributed by atoms with Crippen LogP contribution in [-0.4, -0.2) is 42.5 Å². The first-order valence-corrected chi connectivity index (χ1v) is 12.9. The number of aromatic nitrogens is 5. The van der Waals surface area contributed by atoms with Crippen LogP contribution in [0.25, 0.3) is 27.8 Å². The van der Waals surface area contributed by atoms with E-state index in [1.807, 2.05) is 65.0 Å². The number of rotatable bonds is 6. The zero-order valence-corrected chi connectivity index (χ0v) is 21.8. The highest BCUT2D eigenvalue weighted by Gasteiger charge is 2.26. The maximum atomic E-state index is 13.6. The molecule has 1 fully saturated rings. The Morgan fingerprint density at radius 2 is 1.90 bits per heavy atom. The molecule has 1 atom stereocenters. The molecular formula is C29H29N7O3. The van der Waals surface area contributed by atoms with Gasteiger partial charge in [-0.05, 0) is 49.6 Å². The lowest BCUT2D eigenvalue weighted by atomic mass is 10.1. The number of ether oxygens (including phenoxy) is 1. The molecule has 6 rings (SSSR count). The summed E-state index contributed by atoms with van der Waals surface area (Å²) in [5, 5.41) is 3.69. The third kappa shape index (κ3) is 4.38. The Morgan fingerprint density at radius 3 is 2.62 bits per heavy atom. The standard InChI is InChI=1S/C29H29N7O3/c1-18-24(29(38)36(21-7-4-3-5-8-21)35(18)15-22-9-6-14-39-22)28(37)33-20-12-10-19(11-13-20)23-16-34(2)27-25(23)26(30)31-17-32-27/h3-5,7-8,10-13,16-17,22H,6,9,14-15H2,1-2H3,(H,33,37)(H2,30,31,32). The molecule has 0 saturated carbocycles. The van der Waals surface area contributed by atoms with Gasteiger partial charge in [0.25, 0.3) is 11.5 Å². The normalized spacial score (nSPS) is 15.2. The number of fused-ring (bicyclic) bond motifs is 1. The highest BCUT2D eigenvalue weighted by atomic mass is 16.5. The molecule has 198 valence electrons. The molecule has 5 aromatic rings. The van der Waals surface area contributed by atoms with Crippen molar-refractivity contribution in [3.63, 3.8) is 0 Å². The van der Waals surface area contributed by atoms with E-state index >= 15 is 0 Å². The molecule has 1 aliphatic rings. The molecule has 1 unspecified atom stereocenters. The second kappa shape index (κ2) is 9.88. The van der Waals surface area contributed by atoms with Crippen LogP contribution >= 0.6 is 0 Å². The van der Waals surface area contributed by atoms with Crippen LogP contribution in [0.4, 0.5) is 11.5 Å². The lowest BCUT2D eigenvalue weighted by Crippen LogP contribution is -2.27. The van der Waals surface area contributed by atoms with Gasteiger partial charge in [0.1, 0.15) is 23.4 Å². The number of hydrogen-bond acceptors (Lipinski definition) is 6. The predicted molar refractivity (Wildman–Crippen MR) is 150 cm³/mol. The van der Waals surface area contributed by atoms with Gasteiger partial charge in [-0.15, -0.1) is 0 Å². The fraction of sp³-hybridized carbons (Fsp3) is 0.241. The second-order valence-corrected chi connectivity index (χ2v) is 9.77. The number of nitrogens with one attached hydrogen (secondary N) is 1. The number of carbonyl (C=O) groups excluding carboxylic acids is 1. The summed E-state index contributed by atoms with van der Waals surface area (Å²) in [6.45, 7) is 3.01. The van der Waals surface area contributed by atoms with Gasteiger partial charge in [-0.3, -0.25) is 14.3 Å². The van der Waals surface area contributed by atoms with Crippen LogP contribution in [-0.2, 0) is 18.3 Å². The maximum absolute atomic E-state index is 13.6. The summed E-state index contributed by atoms with van der Waals surface area (Å²) in [4.78, 5) is 35.6. The van der Waals surface area contributed by atoms with Crippen molar-refractivity contribution in [1.29, 1.82) is 0 Å². The summed E-state index contributed by atoms with van der Waals surface area (Å²) in [6, 6.07) is 16.8. The zero-order chi connectivity index (χ0) is 27.1. The van der Waals surface area contributed by atoms with E-state index in [0.717, 1.165) is 35.0 Å². The molecule has 3 N–H and O–H groups in total. The number of nitrogens with two attached hydrogens (primary N) is 1. The molecule has 10 nitrogen and oxygen atoms in total. The molecule has 0 bridgehead atoms. The fourth-order valence-corrected chi connectivity index (χ4v) is 5.32. The van der Waals surface area contributed by atoms with E-state index in [0.29, 0.717) is 36.0 Å². The van der Waals surface area contributed by atoms with Gasteiger partial charge < -0.3 is 20.4 Å². The number of nitrogens with zero attached hydrogens (tertiary/aromatic N) is 5. The number of para-hydroxylation sites is 1. The molecule has 4 heterocycles. The summed E-state index contributed by atoms with van der Waals surface area (Å²) in [7, 11) is 1.91. The monoisotopic (exact) mass is 523 g/mol. The number of benzene rings is 2. The lowest BCUT2D eigenvalue weighted by molar-refractivity contribution is 0.0912. The van der Waals surface area contributed by atoms with Crippen molar-refractivity contribution < 1.29 is 9.53 Å².